The van der Waals surface area contributed by atoms with Crippen LogP contribution in [-0.2, 0) is 19.1 Å². The van der Waals surface area contributed by atoms with E-state index in [2.05, 4.69) is 0 Å². The Bertz CT molecular complexity index is 289. The van der Waals surface area contributed by atoms with Gasteiger partial charge in [-0.3, -0.25) is 0 Å². The van der Waals surface area contributed by atoms with Crippen molar-refractivity contribution in [1.29, 1.82) is 0 Å². The molecule has 0 aliphatic heterocycles. The molecule has 0 amide bonds. The van der Waals surface area contributed by atoms with Gasteiger partial charge in [-0.15, -0.1) is 0 Å². The fourth-order valence-electron chi connectivity index (χ4n) is 2.01. The fraction of sp³-hybridized carbons (Fsp3) is 0.692. The lowest BCUT2D eigenvalue weighted by molar-refractivity contribution is -0.146. The van der Waals surface area contributed by atoms with E-state index in [9.17, 15) is 9.59 Å². The van der Waals surface area contributed by atoms with Crippen molar-refractivity contribution in [2.24, 2.45) is 0 Å². The maximum absolute atomic E-state index is 11.8. The molecule has 0 unspecified atom stereocenters. The molecule has 0 radical (unpaired) electrons. The predicted molar refractivity (Wildman–Crippen MR) is 63.4 cm³/mol. The molecule has 1 aliphatic rings. The molecule has 1 saturated carbocycles. The number of esters is 2. The molecule has 0 heterocycles. The van der Waals surface area contributed by atoms with E-state index in [0.29, 0.717) is 0 Å². The topological polar surface area (TPSA) is 52.6 Å². The molecule has 0 spiro atoms. The molecule has 1 aliphatic carbocycles. The zero-order valence-electron chi connectivity index (χ0n) is 10.6. The molecule has 0 aromatic heterocycles. The van der Waals surface area contributed by atoms with Crippen molar-refractivity contribution in [2.45, 2.75) is 46.0 Å². The van der Waals surface area contributed by atoms with Crippen LogP contribution < -0.4 is 0 Å². The van der Waals surface area contributed by atoms with Gasteiger partial charge in [-0.25, -0.2) is 9.59 Å². The lowest BCUT2D eigenvalue weighted by atomic mass is 9.91. The zero-order valence-corrected chi connectivity index (χ0v) is 10.6. The van der Waals surface area contributed by atoms with Gasteiger partial charge in [0, 0.05) is 0 Å². The van der Waals surface area contributed by atoms with Crippen LogP contribution in [0, 0.1) is 0 Å². The molecule has 0 bridgehead atoms. The SMILES string of the molecule is CCOC(=O)C(C(=O)OCC)=C1CCCCC1. The Balaban J connectivity index is 2.91. The lowest BCUT2D eigenvalue weighted by Gasteiger charge is -2.17. The molecule has 17 heavy (non-hydrogen) atoms. The van der Waals surface area contributed by atoms with Crippen LogP contribution >= 0.6 is 0 Å². The van der Waals surface area contributed by atoms with Crippen molar-refractivity contribution in [3.05, 3.63) is 11.1 Å². The molecule has 0 saturated heterocycles. The van der Waals surface area contributed by atoms with Crippen LogP contribution in [-0.4, -0.2) is 25.2 Å². The molecule has 0 N–H and O–H groups in total. The molecule has 0 aromatic carbocycles. The Kier molecular flexibility index (Phi) is 5.73. The van der Waals surface area contributed by atoms with E-state index in [1.165, 1.54) is 0 Å². The molecular formula is C13H20O4. The van der Waals surface area contributed by atoms with Gasteiger partial charge < -0.3 is 9.47 Å². The van der Waals surface area contributed by atoms with Gasteiger partial charge in [0.25, 0.3) is 0 Å². The summed E-state index contributed by atoms with van der Waals surface area (Å²) in [6, 6.07) is 0. The van der Waals surface area contributed by atoms with Crippen LogP contribution in [0.1, 0.15) is 46.0 Å². The minimum atomic E-state index is -0.539. The highest BCUT2D eigenvalue weighted by Crippen LogP contribution is 2.27. The first-order chi connectivity index (χ1) is 8.20. The summed E-state index contributed by atoms with van der Waals surface area (Å²) in [7, 11) is 0. The summed E-state index contributed by atoms with van der Waals surface area (Å²) in [4.78, 5) is 23.6. The second-order valence-electron chi connectivity index (χ2n) is 3.98. The third kappa shape index (κ3) is 3.88. The van der Waals surface area contributed by atoms with Gasteiger partial charge in [0.1, 0.15) is 5.57 Å². The molecule has 4 heteroatoms. The number of carbonyl (C=O) groups is 2. The van der Waals surface area contributed by atoms with E-state index in [4.69, 9.17) is 9.47 Å². The number of hydrogen-bond acceptors (Lipinski definition) is 4. The van der Waals surface area contributed by atoms with Crippen molar-refractivity contribution in [3.63, 3.8) is 0 Å². The Hall–Kier alpha value is -1.32. The van der Waals surface area contributed by atoms with Crippen LogP contribution in [0.4, 0.5) is 0 Å². The highest BCUT2D eigenvalue weighted by atomic mass is 16.6. The fourth-order valence-corrected chi connectivity index (χ4v) is 2.01. The van der Waals surface area contributed by atoms with Gasteiger partial charge in [0.2, 0.25) is 0 Å². The van der Waals surface area contributed by atoms with E-state index in [1.807, 2.05) is 0 Å². The Morgan fingerprint density at radius 1 is 0.941 bits per heavy atom. The molecule has 1 fully saturated rings. The van der Waals surface area contributed by atoms with Crippen molar-refractivity contribution >= 4 is 11.9 Å². The summed E-state index contributed by atoms with van der Waals surface area (Å²) in [5.74, 6) is -1.08. The standard InChI is InChI=1S/C13H20O4/c1-3-16-12(14)11(13(15)17-4-2)10-8-6-5-7-9-10/h3-9H2,1-2H3. The molecule has 0 atom stereocenters. The first-order valence-electron chi connectivity index (χ1n) is 6.27. The summed E-state index contributed by atoms with van der Waals surface area (Å²) in [5.41, 5.74) is 1.03. The molecule has 0 aromatic rings. The van der Waals surface area contributed by atoms with Gasteiger partial charge in [0.15, 0.2) is 0 Å². The van der Waals surface area contributed by atoms with Crippen LogP contribution in [0.25, 0.3) is 0 Å². The van der Waals surface area contributed by atoms with Crippen molar-refractivity contribution in [2.75, 3.05) is 13.2 Å². The minimum absolute atomic E-state index is 0.133. The monoisotopic (exact) mass is 240 g/mol. The van der Waals surface area contributed by atoms with E-state index in [1.54, 1.807) is 13.8 Å². The van der Waals surface area contributed by atoms with Gasteiger partial charge in [-0.05, 0) is 45.1 Å². The van der Waals surface area contributed by atoms with Gasteiger partial charge >= 0.3 is 11.9 Å². The molecule has 1 rings (SSSR count). The first-order valence-corrected chi connectivity index (χ1v) is 6.27. The molecule has 96 valence electrons. The second kappa shape index (κ2) is 7.09. The summed E-state index contributed by atoms with van der Waals surface area (Å²) < 4.78 is 9.85. The first kappa shape index (κ1) is 13.7. The third-order valence-corrected chi connectivity index (χ3v) is 2.77. The minimum Gasteiger partial charge on any atom is -0.462 e. The maximum atomic E-state index is 11.8. The number of carbonyl (C=O) groups excluding carboxylic acids is 2. The third-order valence-electron chi connectivity index (χ3n) is 2.77. The van der Waals surface area contributed by atoms with E-state index in [0.717, 1.165) is 37.7 Å². The molecule has 4 nitrogen and oxygen atoms in total. The van der Waals surface area contributed by atoms with Crippen LogP contribution in [0.3, 0.4) is 0 Å². The smallest absolute Gasteiger partial charge is 0.345 e. The van der Waals surface area contributed by atoms with E-state index >= 15 is 0 Å². The van der Waals surface area contributed by atoms with Crippen molar-refractivity contribution in [1.82, 2.24) is 0 Å². The summed E-state index contributed by atoms with van der Waals surface area (Å²) in [6.45, 7) is 4.00. The largest absolute Gasteiger partial charge is 0.462 e. The Morgan fingerprint density at radius 3 is 1.82 bits per heavy atom. The number of allylic oxidation sites excluding steroid dienone is 1. The average molecular weight is 240 g/mol. The van der Waals surface area contributed by atoms with E-state index < -0.39 is 11.9 Å². The van der Waals surface area contributed by atoms with Crippen LogP contribution in [0.2, 0.25) is 0 Å². The predicted octanol–water partition coefficient (Wildman–Crippen LogP) is 2.37. The maximum Gasteiger partial charge on any atom is 0.345 e. The highest BCUT2D eigenvalue weighted by Gasteiger charge is 2.26. The lowest BCUT2D eigenvalue weighted by Crippen LogP contribution is -2.21. The van der Waals surface area contributed by atoms with Gasteiger partial charge in [-0.2, -0.15) is 0 Å². The van der Waals surface area contributed by atoms with Crippen molar-refractivity contribution in [3.8, 4) is 0 Å². The summed E-state index contributed by atoms with van der Waals surface area (Å²) in [5, 5.41) is 0. The molecular weight excluding hydrogens is 220 g/mol. The highest BCUT2D eigenvalue weighted by molar-refractivity contribution is 6.14. The van der Waals surface area contributed by atoms with Crippen molar-refractivity contribution < 1.29 is 19.1 Å². The Morgan fingerprint density at radius 2 is 1.41 bits per heavy atom. The van der Waals surface area contributed by atoms with Gasteiger partial charge in [0.05, 0.1) is 13.2 Å². The summed E-state index contributed by atoms with van der Waals surface area (Å²) >= 11 is 0. The summed E-state index contributed by atoms with van der Waals surface area (Å²) in [6.07, 6.45) is 4.80. The van der Waals surface area contributed by atoms with Crippen LogP contribution in [0.5, 0.6) is 0 Å². The average Bonchev–Trinajstić information content (AvgIpc) is 2.31. The number of hydrogen-bond donors (Lipinski definition) is 0. The number of ether oxygens (including phenoxy) is 2. The zero-order chi connectivity index (χ0) is 12.7. The van der Waals surface area contributed by atoms with Gasteiger partial charge in [-0.1, -0.05) is 6.42 Å². The number of rotatable bonds is 4. The van der Waals surface area contributed by atoms with E-state index in [-0.39, 0.29) is 18.8 Å². The normalized spacial score (nSPS) is 15.3. The Labute approximate surface area is 102 Å². The quantitative estimate of drug-likeness (QED) is 0.327. The van der Waals surface area contributed by atoms with Crippen LogP contribution in [0.15, 0.2) is 11.1 Å². The second-order valence-corrected chi connectivity index (χ2v) is 3.98.